The second-order valence-electron chi connectivity index (χ2n) is 3.70. The van der Waals surface area contributed by atoms with Crippen LogP contribution in [0, 0.1) is 5.82 Å². The standard InChI is InChI=1S/C11H12FN3O2S/c12-8-2-1-3-13-9(8)4-14-10(17)11-15-7(5-16)6-18-11/h1-3,7,16H,4-6H2,(H,14,17). The van der Waals surface area contributed by atoms with E-state index in [-0.39, 0.29) is 30.8 Å². The number of amides is 1. The first-order chi connectivity index (χ1) is 8.70. The van der Waals surface area contributed by atoms with Crippen molar-refractivity contribution in [3.63, 3.8) is 0 Å². The number of pyridine rings is 1. The highest BCUT2D eigenvalue weighted by atomic mass is 32.2. The summed E-state index contributed by atoms with van der Waals surface area (Å²) in [6, 6.07) is 2.56. The molecule has 0 saturated heterocycles. The van der Waals surface area contributed by atoms with Gasteiger partial charge in [0, 0.05) is 11.9 Å². The minimum absolute atomic E-state index is 0.0227. The van der Waals surface area contributed by atoms with Crippen molar-refractivity contribution < 1.29 is 14.3 Å². The largest absolute Gasteiger partial charge is 0.394 e. The van der Waals surface area contributed by atoms with Crippen LogP contribution in [0.5, 0.6) is 0 Å². The fourth-order valence-electron chi connectivity index (χ4n) is 1.42. The van der Waals surface area contributed by atoms with E-state index in [9.17, 15) is 9.18 Å². The van der Waals surface area contributed by atoms with E-state index in [2.05, 4.69) is 15.3 Å². The van der Waals surface area contributed by atoms with Gasteiger partial charge in [0.25, 0.3) is 5.91 Å². The van der Waals surface area contributed by atoms with Crippen molar-refractivity contribution in [3.05, 3.63) is 29.8 Å². The Labute approximate surface area is 108 Å². The Kier molecular flexibility index (Phi) is 4.27. The minimum atomic E-state index is -0.452. The van der Waals surface area contributed by atoms with Crippen LogP contribution in [0.2, 0.25) is 0 Å². The average molecular weight is 269 g/mol. The zero-order valence-corrected chi connectivity index (χ0v) is 10.3. The Morgan fingerprint density at radius 3 is 3.17 bits per heavy atom. The molecule has 0 aliphatic carbocycles. The lowest BCUT2D eigenvalue weighted by Gasteiger charge is -2.04. The van der Waals surface area contributed by atoms with Gasteiger partial charge in [-0.3, -0.25) is 14.8 Å². The second kappa shape index (κ2) is 5.92. The summed E-state index contributed by atoms with van der Waals surface area (Å²) in [6.45, 7) is -0.0481. The predicted octanol–water partition coefficient (Wildman–Crippen LogP) is 0.343. The SMILES string of the molecule is O=C(NCc1ncccc1F)C1=NC(CO)CS1. The number of nitrogens with one attached hydrogen (secondary N) is 1. The maximum Gasteiger partial charge on any atom is 0.276 e. The highest BCUT2D eigenvalue weighted by Gasteiger charge is 2.22. The first-order valence-corrected chi connectivity index (χ1v) is 6.38. The van der Waals surface area contributed by atoms with Crippen molar-refractivity contribution in [2.24, 2.45) is 4.99 Å². The second-order valence-corrected chi connectivity index (χ2v) is 4.70. The number of aliphatic hydroxyl groups is 1. The molecule has 0 spiro atoms. The summed E-state index contributed by atoms with van der Waals surface area (Å²) in [7, 11) is 0. The lowest BCUT2D eigenvalue weighted by molar-refractivity contribution is -0.114. The molecule has 0 radical (unpaired) electrons. The topological polar surface area (TPSA) is 74.6 Å². The minimum Gasteiger partial charge on any atom is -0.394 e. The Hall–Kier alpha value is -1.47. The lowest BCUT2D eigenvalue weighted by atomic mass is 10.3. The van der Waals surface area contributed by atoms with E-state index in [0.717, 1.165) is 0 Å². The van der Waals surface area contributed by atoms with Crippen LogP contribution in [0.4, 0.5) is 4.39 Å². The molecule has 7 heteroatoms. The third-order valence-electron chi connectivity index (χ3n) is 2.37. The van der Waals surface area contributed by atoms with Gasteiger partial charge in [-0.25, -0.2) is 4.39 Å². The fraction of sp³-hybridized carbons (Fsp3) is 0.364. The first-order valence-electron chi connectivity index (χ1n) is 5.39. The molecule has 0 aromatic carbocycles. The molecule has 1 unspecified atom stereocenters. The highest BCUT2D eigenvalue weighted by Crippen LogP contribution is 2.17. The zero-order chi connectivity index (χ0) is 13.0. The van der Waals surface area contributed by atoms with E-state index in [4.69, 9.17) is 5.11 Å². The molecular formula is C11H12FN3O2S. The van der Waals surface area contributed by atoms with Crippen LogP contribution in [0.1, 0.15) is 5.69 Å². The van der Waals surface area contributed by atoms with Crippen LogP contribution in [-0.2, 0) is 11.3 Å². The zero-order valence-electron chi connectivity index (χ0n) is 9.47. The molecule has 0 fully saturated rings. The number of halogens is 1. The van der Waals surface area contributed by atoms with Crippen molar-refractivity contribution >= 4 is 22.7 Å². The lowest BCUT2D eigenvalue weighted by Crippen LogP contribution is -2.29. The van der Waals surface area contributed by atoms with Gasteiger partial charge in [0.05, 0.1) is 24.9 Å². The molecule has 5 nitrogen and oxygen atoms in total. The molecule has 18 heavy (non-hydrogen) atoms. The predicted molar refractivity (Wildman–Crippen MR) is 66.8 cm³/mol. The summed E-state index contributed by atoms with van der Waals surface area (Å²) in [4.78, 5) is 19.6. The summed E-state index contributed by atoms with van der Waals surface area (Å²) >= 11 is 1.29. The molecule has 2 rings (SSSR count). The van der Waals surface area contributed by atoms with Crippen LogP contribution in [0.3, 0.4) is 0 Å². The number of rotatable bonds is 4. The molecule has 1 atom stereocenters. The monoisotopic (exact) mass is 269 g/mol. The number of aromatic nitrogens is 1. The molecule has 1 aliphatic heterocycles. The number of aliphatic imine (C=N–C) groups is 1. The first kappa shape index (κ1) is 13.0. The third-order valence-corrected chi connectivity index (χ3v) is 3.48. The van der Waals surface area contributed by atoms with Gasteiger partial charge in [-0.05, 0) is 12.1 Å². The van der Waals surface area contributed by atoms with Crippen LogP contribution in [-0.4, -0.2) is 39.4 Å². The fourth-order valence-corrected chi connectivity index (χ4v) is 2.38. The van der Waals surface area contributed by atoms with Crippen LogP contribution < -0.4 is 5.32 Å². The van der Waals surface area contributed by atoms with Gasteiger partial charge in [-0.15, -0.1) is 0 Å². The third kappa shape index (κ3) is 3.05. The molecule has 2 heterocycles. The molecular weight excluding hydrogens is 257 g/mol. The molecule has 0 bridgehead atoms. The molecule has 2 N–H and O–H groups in total. The summed E-state index contributed by atoms with van der Waals surface area (Å²) < 4.78 is 13.3. The Balaban J connectivity index is 1.91. The molecule has 1 aliphatic rings. The van der Waals surface area contributed by atoms with Gasteiger partial charge in [0.15, 0.2) is 5.04 Å². The Bertz CT molecular complexity index is 481. The molecule has 0 saturated carbocycles. The number of carbonyl (C=O) groups is 1. The van der Waals surface area contributed by atoms with Crippen LogP contribution >= 0.6 is 11.8 Å². The Morgan fingerprint density at radius 1 is 1.67 bits per heavy atom. The summed E-state index contributed by atoms with van der Waals surface area (Å²) in [6.07, 6.45) is 1.47. The van der Waals surface area contributed by atoms with E-state index in [1.54, 1.807) is 0 Å². The van der Waals surface area contributed by atoms with Crippen molar-refractivity contribution in [2.45, 2.75) is 12.6 Å². The molecule has 1 amide bonds. The van der Waals surface area contributed by atoms with E-state index in [1.165, 1.54) is 30.1 Å². The summed E-state index contributed by atoms with van der Waals surface area (Å²) in [5.74, 6) is -0.218. The van der Waals surface area contributed by atoms with E-state index >= 15 is 0 Å². The number of carbonyl (C=O) groups excluding carboxylic acids is 1. The molecule has 1 aromatic heterocycles. The van der Waals surface area contributed by atoms with Gasteiger partial charge in [0.1, 0.15) is 5.82 Å². The Morgan fingerprint density at radius 2 is 2.50 bits per heavy atom. The number of hydrogen-bond acceptors (Lipinski definition) is 5. The maximum absolute atomic E-state index is 13.3. The van der Waals surface area contributed by atoms with Crippen LogP contribution in [0.15, 0.2) is 23.3 Å². The quantitative estimate of drug-likeness (QED) is 0.826. The van der Waals surface area contributed by atoms with Gasteiger partial charge in [0.2, 0.25) is 0 Å². The van der Waals surface area contributed by atoms with Gasteiger partial charge < -0.3 is 10.4 Å². The highest BCUT2D eigenvalue weighted by molar-refractivity contribution is 8.16. The van der Waals surface area contributed by atoms with Crippen LogP contribution in [0.25, 0.3) is 0 Å². The maximum atomic E-state index is 13.3. The van der Waals surface area contributed by atoms with E-state index in [0.29, 0.717) is 10.8 Å². The summed E-state index contributed by atoms with van der Waals surface area (Å²) in [5, 5.41) is 11.8. The number of thioether (sulfide) groups is 1. The van der Waals surface area contributed by atoms with Gasteiger partial charge >= 0.3 is 0 Å². The normalized spacial score (nSPS) is 18.6. The van der Waals surface area contributed by atoms with Crippen molar-refractivity contribution in [2.75, 3.05) is 12.4 Å². The number of hydrogen-bond donors (Lipinski definition) is 2. The van der Waals surface area contributed by atoms with E-state index < -0.39 is 5.82 Å². The molecule has 96 valence electrons. The van der Waals surface area contributed by atoms with Crippen molar-refractivity contribution in [3.8, 4) is 0 Å². The van der Waals surface area contributed by atoms with Crippen molar-refractivity contribution in [1.82, 2.24) is 10.3 Å². The summed E-state index contributed by atoms with van der Waals surface area (Å²) in [5.41, 5.74) is 0.188. The average Bonchev–Trinajstić information content (AvgIpc) is 2.86. The van der Waals surface area contributed by atoms with Gasteiger partial charge in [-0.1, -0.05) is 11.8 Å². The molecule has 1 aromatic rings. The van der Waals surface area contributed by atoms with E-state index in [1.807, 2.05) is 0 Å². The smallest absolute Gasteiger partial charge is 0.276 e. The van der Waals surface area contributed by atoms with Gasteiger partial charge in [-0.2, -0.15) is 0 Å². The number of aliphatic hydroxyl groups excluding tert-OH is 1. The number of nitrogens with zero attached hydrogens (tertiary/aromatic N) is 2. The van der Waals surface area contributed by atoms with Crippen molar-refractivity contribution in [1.29, 1.82) is 0 Å².